The van der Waals surface area contributed by atoms with Gasteiger partial charge in [-0.25, -0.2) is 4.79 Å². The van der Waals surface area contributed by atoms with Crippen LogP contribution in [0.2, 0.25) is 5.02 Å². The van der Waals surface area contributed by atoms with Crippen molar-refractivity contribution in [1.82, 2.24) is 4.98 Å². The number of esters is 1. The molecule has 0 saturated carbocycles. The molecule has 25 heavy (non-hydrogen) atoms. The molecule has 0 fully saturated rings. The lowest BCUT2D eigenvalue weighted by Crippen LogP contribution is -2.13. The molecule has 8 heteroatoms. The lowest BCUT2D eigenvalue weighted by atomic mass is 10.1. The van der Waals surface area contributed by atoms with Crippen molar-refractivity contribution in [2.75, 3.05) is 12.4 Å². The topological polar surface area (TPSA) is 108 Å². The maximum Gasteiger partial charge on any atom is 0.342 e. The fourth-order valence-electron chi connectivity index (χ4n) is 2.50. The van der Waals surface area contributed by atoms with Crippen molar-refractivity contribution < 1.29 is 18.7 Å². The highest BCUT2D eigenvalue weighted by Gasteiger charge is 2.26. The number of aromatic amines is 1. The highest BCUT2D eigenvalue weighted by molar-refractivity contribution is 6.35. The van der Waals surface area contributed by atoms with Crippen LogP contribution in [0.15, 0.2) is 28.7 Å². The zero-order chi connectivity index (χ0) is 18.1. The second-order valence-corrected chi connectivity index (χ2v) is 5.59. The number of nitrogens with zero attached hydrogens (tertiary/aromatic N) is 1. The van der Waals surface area contributed by atoms with E-state index in [9.17, 15) is 14.9 Å². The van der Waals surface area contributed by atoms with Gasteiger partial charge in [-0.1, -0.05) is 23.7 Å². The van der Waals surface area contributed by atoms with Crippen molar-refractivity contribution in [2.24, 2.45) is 0 Å². The van der Waals surface area contributed by atoms with Gasteiger partial charge in [0.05, 0.1) is 17.6 Å². The Bertz CT molecular complexity index is 1040. The molecule has 1 aromatic carbocycles. The number of anilines is 1. The second-order valence-electron chi connectivity index (χ2n) is 5.18. The van der Waals surface area contributed by atoms with Crippen molar-refractivity contribution in [3.63, 3.8) is 0 Å². The van der Waals surface area contributed by atoms with Crippen LogP contribution < -0.4 is 5.32 Å². The van der Waals surface area contributed by atoms with Crippen molar-refractivity contribution >= 4 is 40.3 Å². The minimum Gasteiger partial charge on any atom is -0.465 e. The van der Waals surface area contributed by atoms with Gasteiger partial charge in [0.15, 0.2) is 0 Å². The molecule has 3 rings (SSSR count). The number of carbonyl (C=O) groups excluding carboxylic acids is 2. The minimum atomic E-state index is -0.712. The fraction of sp³-hybridized carbons (Fsp3) is 0.118. The third-order valence-electron chi connectivity index (χ3n) is 3.66. The third-order valence-corrected chi connectivity index (χ3v) is 3.98. The van der Waals surface area contributed by atoms with E-state index in [0.717, 1.165) is 5.39 Å². The summed E-state index contributed by atoms with van der Waals surface area (Å²) in [6.45, 7) is 1.51. The maximum atomic E-state index is 12.5. The molecule has 126 valence electrons. The summed E-state index contributed by atoms with van der Waals surface area (Å²) in [7, 11) is 1.20. The fourth-order valence-corrected chi connectivity index (χ4v) is 2.73. The average molecular weight is 358 g/mol. The monoisotopic (exact) mass is 357 g/mol. The Hall–Kier alpha value is -3.24. The number of para-hydroxylation sites is 1. The second kappa shape index (κ2) is 6.34. The molecule has 3 aromatic rings. The van der Waals surface area contributed by atoms with E-state index in [-0.39, 0.29) is 28.5 Å². The molecule has 0 bridgehead atoms. The normalized spacial score (nSPS) is 10.5. The maximum absolute atomic E-state index is 12.5. The Morgan fingerprint density at radius 2 is 2.16 bits per heavy atom. The van der Waals surface area contributed by atoms with E-state index < -0.39 is 11.9 Å². The first-order valence-electron chi connectivity index (χ1n) is 7.16. The molecule has 2 heterocycles. The summed E-state index contributed by atoms with van der Waals surface area (Å²) < 4.78 is 9.99. The van der Waals surface area contributed by atoms with Crippen LogP contribution in [0.4, 0.5) is 5.88 Å². The van der Waals surface area contributed by atoms with Gasteiger partial charge in [-0.2, -0.15) is 5.26 Å². The number of methoxy groups -OCH3 is 1. The number of furan rings is 1. The Morgan fingerprint density at radius 3 is 2.80 bits per heavy atom. The van der Waals surface area contributed by atoms with Gasteiger partial charge in [0.1, 0.15) is 28.7 Å². The van der Waals surface area contributed by atoms with Crippen LogP contribution in [0.5, 0.6) is 0 Å². The Kier molecular flexibility index (Phi) is 4.21. The molecular formula is C17H12ClN3O4. The van der Waals surface area contributed by atoms with Gasteiger partial charge in [-0.05, 0) is 19.1 Å². The van der Waals surface area contributed by atoms with Gasteiger partial charge in [-0.3, -0.25) is 10.1 Å². The predicted molar refractivity (Wildman–Crippen MR) is 90.8 cm³/mol. The summed E-state index contributed by atoms with van der Waals surface area (Å²) in [5.41, 5.74) is 0.758. The van der Waals surface area contributed by atoms with Gasteiger partial charge >= 0.3 is 5.97 Å². The van der Waals surface area contributed by atoms with Crippen LogP contribution in [0.3, 0.4) is 0 Å². The largest absolute Gasteiger partial charge is 0.465 e. The SMILES string of the molecule is COC(=O)c1c(C)oc(NC(=O)c2cc3cccc(Cl)c3[nH]2)c1C#N. The summed E-state index contributed by atoms with van der Waals surface area (Å²) in [6, 6.07) is 8.76. The summed E-state index contributed by atoms with van der Waals surface area (Å²) in [6.07, 6.45) is 0. The van der Waals surface area contributed by atoms with Crippen LogP contribution in [0.25, 0.3) is 10.9 Å². The van der Waals surface area contributed by atoms with Crippen LogP contribution in [0.1, 0.15) is 32.2 Å². The number of halogens is 1. The molecular weight excluding hydrogens is 346 g/mol. The molecule has 0 unspecified atom stereocenters. The first-order chi connectivity index (χ1) is 12.0. The molecule has 2 N–H and O–H groups in total. The number of carbonyl (C=O) groups is 2. The molecule has 0 aliphatic carbocycles. The van der Waals surface area contributed by atoms with Crippen molar-refractivity contribution in [3.8, 4) is 6.07 Å². The van der Waals surface area contributed by atoms with Crippen LogP contribution in [-0.4, -0.2) is 24.0 Å². The van der Waals surface area contributed by atoms with Gasteiger partial charge in [0, 0.05) is 5.39 Å². The van der Waals surface area contributed by atoms with Crippen molar-refractivity contribution in [2.45, 2.75) is 6.92 Å². The zero-order valence-corrected chi connectivity index (χ0v) is 14.0. The van der Waals surface area contributed by atoms with Gasteiger partial charge in [0.25, 0.3) is 5.91 Å². The number of benzene rings is 1. The van der Waals surface area contributed by atoms with E-state index in [1.165, 1.54) is 14.0 Å². The van der Waals surface area contributed by atoms with Crippen molar-refractivity contribution in [3.05, 3.63) is 51.9 Å². The number of nitriles is 1. The molecule has 0 spiro atoms. The highest BCUT2D eigenvalue weighted by atomic mass is 35.5. The molecule has 2 aromatic heterocycles. The number of ether oxygens (including phenoxy) is 1. The van der Waals surface area contributed by atoms with Gasteiger partial charge in [0.2, 0.25) is 5.88 Å². The Labute approximate surface area is 147 Å². The number of amides is 1. The van der Waals surface area contributed by atoms with E-state index >= 15 is 0 Å². The predicted octanol–water partition coefficient (Wildman–Crippen LogP) is 3.63. The van der Waals surface area contributed by atoms with E-state index in [2.05, 4.69) is 15.0 Å². The summed E-state index contributed by atoms with van der Waals surface area (Å²) in [5.74, 6) is -1.18. The van der Waals surface area contributed by atoms with Crippen LogP contribution >= 0.6 is 11.6 Å². The number of aromatic nitrogens is 1. The highest BCUT2D eigenvalue weighted by Crippen LogP contribution is 2.28. The first kappa shape index (κ1) is 16.6. The van der Waals surface area contributed by atoms with Crippen LogP contribution in [0, 0.1) is 18.3 Å². The molecule has 0 atom stereocenters. The van der Waals surface area contributed by atoms with Gasteiger partial charge in [-0.15, -0.1) is 0 Å². The standard InChI is InChI=1S/C17H12ClN3O4/c1-8-13(17(23)24-2)10(7-19)16(25-8)21-15(22)12-6-9-4-3-5-11(18)14(9)20-12/h3-6,20H,1-2H3,(H,21,22). The average Bonchev–Trinajstić information content (AvgIpc) is 3.16. The molecule has 0 saturated heterocycles. The molecule has 1 amide bonds. The molecule has 0 radical (unpaired) electrons. The third kappa shape index (κ3) is 2.84. The van der Waals surface area contributed by atoms with E-state index in [4.69, 9.17) is 16.0 Å². The summed E-state index contributed by atoms with van der Waals surface area (Å²) in [4.78, 5) is 27.1. The van der Waals surface area contributed by atoms with Crippen LogP contribution in [-0.2, 0) is 4.74 Å². The van der Waals surface area contributed by atoms with E-state index in [1.807, 2.05) is 12.1 Å². The molecule has 0 aliphatic heterocycles. The number of aryl methyl sites for hydroxylation is 1. The van der Waals surface area contributed by atoms with Crippen molar-refractivity contribution in [1.29, 1.82) is 5.26 Å². The van der Waals surface area contributed by atoms with E-state index in [1.54, 1.807) is 18.2 Å². The smallest absolute Gasteiger partial charge is 0.342 e. The zero-order valence-electron chi connectivity index (χ0n) is 13.3. The lowest BCUT2D eigenvalue weighted by Gasteiger charge is -2.00. The molecule has 7 nitrogen and oxygen atoms in total. The van der Waals surface area contributed by atoms with E-state index in [0.29, 0.717) is 10.5 Å². The number of fused-ring (bicyclic) bond motifs is 1. The summed E-state index contributed by atoms with van der Waals surface area (Å²) >= 11 is 6.08. The Morgan fingerprint density at radius 1 is 1.40 bits per heavy atom. The van der Waals surface area contributed by atoms with Gasteiger partial charge < -0.3 is 14.1 Å². The number of nitrogens with one attached hydrogen (secondary N) is 2. The lowest BCUT2D eigenvalue weighted by molar-refractivity contribution is 0.0598. The number of H-pyrrole nitrogens is 1. The number of rotatable bonds is 3. The summed E-state index contributed by atoms with van der Waals surface area (Å²) in [5, 5.41) is 13.0. The number of hydrogen-bond donors (Lipinski definition) is 2. The first-order valence-corrected chi connectivity index (χ1v) is 7.54. The number of hydrogen-bond acceptors (Lipinski definition) is 5. The minimum absolute atomic E-state index is 0.0139. The molecule has 0 aliphatic rings. The Balaban J connectivity index is 1.96. The quantitative estimate of drug-likeness (QED) is 0.696.